The lowest BCUT2D eigenvalue weighted by Crippen LogP contribution is -2.63. The number of carbonyl (C=O) groups excluding carboxylic acids is 1. The number of hydrogen-bond donors (Lipinski definition) is 0. The van der Waals surface area contributed by atoms with Gasteiger partial charge in [-0.2, -0.15) is 5.26 Å². The number of benzene rings is 2. The van der Waals surface area contributed by atoms with Crippen LogP contribution in [0, 0.1) is 11.3 Å². The van der Waals surface area contributed by atoms with Gasteiger partial charge in [-0.1, -0.05) is 23.7 Å². The summed E-state index contributed by atoms with van der Waals surface area (Å²) in [5.41, 5.74) is -1.25. The predicted octanol–water partition coefficient (Wildman–Crippen LogP) is 6.44. The average molecular weight is 502 g/mol. The molecule has 0 atom stereocenters. The van der Waals surface area contributed by atoms with E-state index in [2.05, 4.69) is 6.07 Å². The Kier molecular flexibility index (Phi) is 7.40. The number of alkyl halides is 1. The molecule has 0 unspecified atom stereocenters. The lowest BCUT2D eigenvalue weighted by Gasteiger charge is -2.51. The minimum absolute atomic E-state index is 0.0967. The van der Waals surface area contributed by atoms with Crippen molar-refractivity contribution in [2.75, 3.05) is 25.1 Å². The number of anilines is 1. The Morgan fingerprint density at radius 3 is 2.26 bits per heavy atom. The van der Waals surface area contributed by atoms with Gasteiger partial charge in [0.2, 0.25) is 0 Å². The van der Waals surface area contributed by atoms with Crippen molar-refractivity contribution in [2.24, 2.45) is 0 Å². The molecule has 3 rings (SSSR count). The molecule has 8 heteroatoms. The van der Waals surface area contributed by atoms with Crippen LogP contribution >= 0.6 is 11.6 Å². The molecule has 1 saturated heterocycles. The molecule has 1 heterocycles. The first-order valence-electron chi connectivity index (χ1n) is 11.5. The van der Waals surface area contributed by atoms with Crippen LogP contribution in [0.2, 0.25) is 5.02 Å². The Morgan fingerprint density at radius 2 is 1.77 bits per heavy atom. The van der Waals surface area contributed by atoms with Gasteiger partial charge in [0.25, 0.3) is 0 Å². The molecule has 0 N–H and O–H groups in total. The largest absolute Gasteiger partial charge is 0.497 e. The van der Waals surface area contributed by atoms with Crippen molar-refractivity contribution in [1.82, 2.24) is 4.90 Å². The van der Waals surface area contributed by atoms with Gasteiger partial charge in [-0.15, -0.1) is 0 Å². The second kappa shape index (κ2) is 9.67. The molecule has 6 nitrogen and oxygen atoms in total. The van der Waals surface area contributed by atoms with Gasteiger partial charge in [-0.3, -0.25) is 9.80 Å². The first kappa shape index (κ1) is 26.8. The summed E-state index contributed by atoms with van der Waals surface area (Å²) in [6.45, 7) is 11.8. The molecule has 2 aromatic rings. The van der Waals surface area contributed by atoms with E-state index in [1.807, 2.05) is 37.8 Å². The van der Waals surface area contributed by atoms with E-state index in [0.717, 1.165) is 5.56 Å². The standard InChI is InChI=1S/C27H33ClFN3O3/c1-25(2,3)31-16-27(29,17-31)21-12-19(14-30)13-22(23(21)28)32(24(33)35-26(4,5)6)15-18-8-10-20(34-7)11-9-18/h8-13H,15-17H2,1-7H3. The molecule has 2 aromatic carbocycles. The van der Waals surface area contributed by atoms with E-state index in [0.29, 0.717) is 5.75 Å². The van der Waals surface area contributed by atoms with Crippen LogP contribution < -0.4 is 9.64 Å². The number of hydrogen-bond acceptors (Lipinski definition) is 5. The summed E-state index contributed by atoms with van der Waals surface area (Å²) in [5.74, 6) is 0.678. The zero-order valence-corrected chi connectivity index (χ0v) is 22.2. The van der Waals surface area contributed by atoms with E-state index < -0.39 is 17.4 Å². The summed E-state index contributed by atoms with van der Waals surface area (Å²) in [5, 5.41) is 9.79. The maximum absolute atomic E-state index is 16.0. The molecular weight excluding hydrogens is 469 g/mol. The minimum atomic E-state index is -1.73. The van der Waals surface area contributed by atoms with Crippen LogP contribution in [0.15, 0.2) is 36.4 Å². The molecule has 188 valence electrons. The topological polar surface area (TPSA) is 65.8 Å². The van der Waals surface area contributed by atoms with Gasteiger partial charge in [-0.25, -0.2) is 9.18 Å². The number of amides is 1. The third kappa shape index (κ3) is 6.06. The van der Waals surface area contributed by atoms with Crippen LogP contribution in [0.5, 0.6) is 5.75 Å². The smallest absolute Gasteiger partial charge is 0.415 e. The van der Waals surface area contributed by atoms with Crippen molar-refractivity contribution in [3.05, 3.63) is 58.1 Å². The van der Waals surface area contributed by atoms with Crippen molar-refractivity contribution in [3.8, 4) is 11.8 Å². The molecule has 0 saturated carbocycles. The molecule has 0 bridgehead atoms. The first-order valence-corrected chi connectivity index (χ1v) is 11.9. The van der Waals surface area contributed by atoms with E-state index in [-0.39, 0.29) is 47.0 Å². The van der Waals surface area contributed by atoms with Crippen LogP contribution in [0.1, 0.15) is 58.2 Å². The Bertz CT molecular complexity index is 1120. The van der Waals surface area contributed by atoms with Gasteiger partial charge < -0.3 is 9.47 Å². The van der Waals surface area contributed by atoms with Crippen molar-refractivity contribution >= 4 is 23.4 Å². The van der Waals surface area contributed by atoms with Crippen LogP contribution in [0.3, 0.4) is 0 Å². The van der Waals surface area contributed by atoms with E-state index >= 15 is 4.39 Å². The highest BCUT2D eigenvalue weighted by molar-refractivity contribution is 6.34. The van der Waals surface area contributed by atoms with Gasteiger partial charge >= 0.3 is 6.09 Å². The first-order chi connectivity index (χ1) is 16.2. The van der Waals surface area contributed by atoms with Gasteiger partial charge in [0.15, 0.2) is 5.67 Å². The molecule has 0 aliphatic carbocycles. The molecule has 0 spiro atoms. The average Bonchev–Trinajstić information content (AvgIpc) is 2.74. The third-order valence-electron chi connectivity index (χ3n) is 5.90. The second-order valence-corrected chi connectivity index (χ2v) is 11.3. The third-order valence-corrected chi connectivity index (χ3v) is 6.30. The quantitative estimate of drug-likeness (QED) is 0.471. The zero-order valence-electron chi connectivity index (χ0n) is 21.4. The Balaban J connectivity index is 2.07. The number of halogens is 2. The van der Waals surface area contributed by atoms with E-state index in [9.17, 15) is 10.1 Å². The van der Waals surface area contributed by atoms with Crippen LogP contribution in [0.25, 0.3) is 0 Å². The summed E-state index contributed by atoms with van der Waals surface area (Å²) < 4.78 is 26.9. The highest BCUT2D eigenvalue weighted by Gasteiger charge is 2.50. The van der Waals surface area contributed by atoms with Crippen molar-refractivity contribution in [2.45, 2.75) is 64.9 Å². The van der Waals surface area contributed by atoms with Gasteiger partial charge in [0, 0.05) is 24.2 Å². The Hall–Kier alpha value is -2.82. The number of nitriles is 1. The molecule has 35 heavy (non-hydrogen) atoms. The molecule has 1 aliphatic rings. The SMILES string of the molecule is COc1ccc(CN(C(=O)OC(C)(C)C)c2cc(C#N)cc(C3(F)CN(C(C)(C)C)C3)c2Cl)cc1. The van der Waals surface area contributed by atoms with Gasteiger partial charge in [0.1, 0.15) is 11.4 Å². The fourth-order valence-corrected chi connectivity index (χ4v) is 4.26. The summed E-state index contributed by atoms with van der Waals surface area (Å²) in [6, 6.07) is 12.3. The number of likely N-dealkylation sites (tertiary alicyclic amines) is 1. The molecule has 1 aliphatic heterocycles. The number of ether oxygens (including phenoxy) is 2. The van der Waals surface area contributed by atoms with E-state index in [1.165, 1.54) is 17.0 Å². The predicted molar refractivity (Wildman–Crippen MR) is 136 cm³/mol. The van der Waals surface area contributed by atoms with Crippen LogP contribution in [-0.4, -0.2) is 42.3 Å². The Morgan fingerprint density at radius 1 is 1.17 bits per heavy atom. The Labute approximate surface area is 212 Å². The maximum Gasteiger partial charge on any atom is 0.415 e. The molecule has 1 amide bonds. The lowest BCUT2D eigenvalue weighted by molar-refractivity contribution is -0.0842. The highest BCUT2D eigenvalue weighted by atomic mass is 35.5. The monoisotopic (exact) mass is 501 g/mol. The molecule has 1 fully saturated rings. The zero-order chi connectivity index (χ0) is 26.2. The minimum Gasteiger partial charge on any atom is -0.497 e. The van der Waals surface area contributed by atoms with Crippen LogP contribution in [0.4, 0.5) is 14.9 Å². The molecular formula is C27H33ClFN3O3. The number of carbonyl (C=O) groups is 1. The maximum atomic E-state index is 16.0. The number of nitrogens with zero attached hydrogens (tertiary/aromatic N) is 3. The number of methoxy groups -OCH3 is 1. The van der Waals surface area contributed by atoms with Gasteiger partial charge in [-0.05, 0) is 71.4 Å². The number of rotatable bonds is 5. The molecule has 0 radical (unpaired) electrons. The van der Waals surface area contributed by atoms with Crippen molar-refractivity contribution in [1.29, 1.82) is 5.26 Å². The van der Waals surface area contributed by atoms with Crippen molar-refractivity contribution < 1.29 is 18.7 Å². The second-order valence-electron chi connectivity index (χ2n) is 10.9. The van der Waals surface area contributed by atoms with E-state index in [1.54, 1.807) is 40.0 Å². The van der Waals surface area contributed by atoms with E-state index in [4.69, 9.17) is 21.1 Å². The normalized spacial score (nSPS) is 15.7. The highest BCUT2D eigenvalue weighted by Crippen LogP contribution is 2.46. The van der Waals surface area contributed by atoms with Crippen molar-refractivity contribution in [3.63, 3.8) is 0 Å². The summed E-state index contributed by atoms with van der Waals surface area (Å²) in [4.78, 5) is 16.7. The van der Waals surface area contributed by atoms with Gasteiger partial charge in [0.05, 0.1) is 36.0 Å². The summed E-state index contributed by atoms with van der Waals surface area (Å²) >= 11 is 6.78. The molecule has 0 aromatic heterocycles. The fraction of sp³-hybridized carbons (Fsp3) is 0.481. The lowest BCUT2D eigenvalue weighted by atomic mass is 9.83. The summed E-state index contributed by atoms with van der Waals surface area (Å²) in [7, 11) is 1.57. The fourth-order valence-electron chi connectivity index (χ4n) is 3.88. The van der Waals surface area contributed by atoms with Crippen LogP contribution in [-0.2, 0) is 17.0 Å². The summed E-state index contributed by atoms with van der Waals surface area (Å²) in [6.07, 6.45) is -0.644.